The summed E-state index contributed by atoms with van der Waals surface area (Å²) in [7, 11) is 0. The van der Waals surface area contributed by atoms with Crippen molar-refractivity contribution < 1.29 is 24.2 Å². The largest absolute Gasteiger partial charge is 0.481 e. The summed E-state index contributed by atoms with van der Waals surface area (Å²) in [6.07, 6.45) is -1.08. The van der Waals surface area contributed by atoms with Gasteiger partial charge in [-0.1, -0.05) is 0 Å². The lowest BCUT2D eigenvalue weighted by atomic mass is 9.83. The molecule has 128 valence electrons. The van der Waals surface area contributed by atoms with E-state index in [0.29, 0.717) is 19.7 Å². The van der Waals surface area contributed by atoms with Crippen LogP contribution in [-0.4, -0.2) is 77.0 Å². The molecule has 23 heavy (non-hydrogen) atoms. The van der Waals surface area contributed by atoms with Crippen molar-refractivity contribution in [3.05, 3.63) is 0 Å². The first-order chi connectivity index (χ1) is 10.6. The first-order valence-electron chi connectivity index (χ1n) is 7.61. The van der Waals surface area contributed by atoms with Crippen LogP contribution in [0.5, 0.6) is 0 Å². The van der Waals surface area contributed by atoms with E-state index < -0.39 is 29.3 Å². The number of hydrogen-bond donors (Lipinski definition) is 1. The van der Waals surface area contributed by atoms with Gasteiger partial charge >= 0.3 is 12.1 Å². The fourth-order valence-corrected chi connectivity index (χ4v) is 2.98. The molecular formula is C15H23N3O5. The standard InChI is InChI=1S/C15H23N3O5/c1-14(2,3)23-13(21)17-9-15(10-17,6-12(19)20)18-4-5-22-11(7-16)8-18/h11H,4-6,8-10H2,1-3H3,(H,19,20). The van der Waals surface area contributed by atoms with E-state index in [1.54, 1.807) is 20.8 Å². The Morgan fingerprint density at radius 1 is 1.43 bits per heavy atom. The minimum Gasteiger partial charge on any atom is -0.481 e. The Hall–Kier alpha value is -1.85. The Morgan fingerprint density at radius 3 is 2.61 bits per heavy atom. The molecule has 2 aliphatic rings. The number of carboxylic acid groups (broad SMARTS) is 1. The van der Waals surface area contributed by atoms with Crippen LogP contribution in [0.1, 0.15) is 27.2 Å². The van der Waals surface area contributed by atoms with Gasteiger partial charge in [-0.05, 0) is 20.8 Å². The summed E-state index contributed by atoms with van der Waals surface area (Å²) in [5.41, 5.74) is -1.24. The van der Waals surface area contributed by atoms with Crippen molar-refractivity contribution in [2.45, 2.75) is 44.4 Å². The van der Waals surface area contributed by atoms with Gasteiger partial charge in [-0.15, -0.1) is 0 Å². The molecule has 8 nitrogen and oxygen atoms in total. The summed E-state index contributed by atoms with van der Waals surface area (Å²) in [4.78, 5) is 26.8. The number of carbonyl (C=O) groups excluding carboxylic acids is 1. The van der Waals surface area contributed by atoms with Gasteiger partial charge in [0.05, 0.1) is 24.6 Å². The predicted octanol–water partition coefficient (Wildman–Crippen LogP) is 0.675. The zero-order valence-electron chi connectivity index (χ0n) is 13.7. The van der Waals surface area contributed by atoms with E-state index in [1.807, 2.05) is 4.90 Å². The summed E-state index contributed by atoms with van der Waals surface area (Å²) >= 11 is 0. The maximum Gasteiger partial charge on any atom is 0.410 e. The Morgan fingerprint density at radius 2 is 2.09 bits per heavy atom. The minimum absolute atomic E-state index is 0.0789. The molecule has 0 radical (unpaired) electrons. The second kappa shape index (κ2) is 6.34. The van der Waals surface area contributed by atoms with Crippen LogP contribution in [0, 0.1) is 11.3 Å². The third-order valence-corrected chi connectivity index (χ3v) is 3.98. The third kappa shape index (κ3) is 4.12. The molecule has 1 amide bonds. The summed E-state index contributed by atoms with van der Waals surface area (Å²) in [5, 5.41) is 18.2. The fraction of sp³-hybridized carbons (Fsp3) is 0.800. The number of morpholine rings is 1. The van der Waals surface area contributed by atoms with Gasteiger partial charge in [-0.25, -0.2) is 4.79 Å². The van der Waals surface area contributed by atoms with Crippen molar-refractivity contribution in [3.63, 3.8) is 0 Å². The monoisotopic (exact) mass is 325 g/mol. The lowest BCUT2D eigenvalue weighted by molar-refractivity contribution is -0.151. The molecule has 1 N–H and O–H groups in total. The lowest BCUT2D eigenvalue weighted by Crippen LogP contribution is -2.73. The molecule has 0 aromatic carbocycles. The molecule has 0 spiro atoms. The molecule has 0 aromatic rings. The van der Waals surface area contributed by atoms with Crippen LogP contribution < -0.4 is 0 Å². The molecule has 0 saturated carbocycles. The molecule has 8 heteroatoms. The highest BCUT2D eigenvalue weighted by Gasteiger charge is 2.52. The van der Waals surface area contributed by atoms with Crippen LogP contribution in [0.3, 0.4) is 0 Å². The van der Waals surface area contributed by atoms with Gasteiger partial charge in [0.1, 0.15) is 5.60 Å². The van der Waals surface area contributed by atoms with E-state index in [0.717, 1.165) is 0 Å². The summed E-state index contributed by atoms with van der Waals surface area (Å²) in [5.74, 6) is -0.922. The van der Waals surface area contributed by atoms with Gasteiger partial charge in [0.2, 0.25) is 0 Å². The normalized spacial score (nSPS) is 24.4. The number of nitriles is 1. The number of likely N-dealkylation sites (tertiary alicyclic amines) is 1. The van der Waals surface area contributed by atoms with E-state index in [-0.39, 0.29) is 19.5 Å². The average molecular weight is 325 g/mol. The van der Waals surface area contributed by atoms with Crippen molar-refractivity contribution in [3.8, 4) is 6.07 Å². The second-order valence-corrected chi connectivity index (χ2v) is 7.07. The van der Waals surface area contributed by atoms with Gasteiger partial charge in [0.25, 0.3) is 0 Å². The number of aliphatic carboxylic acids is 1. The third-order valence-electron chi connectivity index (χ3n) is 3.98. The summed E-state index contributed by atoms with van der Waals surface area (Å²) < 4.78 is 10.6. The van der Waals surface area contributed by atoms with Crippen LogP contribution in [-0.2, 0) is 14.3 Å². The quantitative estimate of drug-likeness (QED) is 0.813. The van der Waals surface area contributed by atoms with Gasteiger partial charge in [0, 0.05) is 26.2 Å². The van der Waals surface area contributed by atoms with Crippen molar-refractivity contribution in [1.29, 1.82) is 5.26 Å². The Kier molecular flexibility index (Phi) is 4.82. The molecule has 2 saturated heterocycles. The van der Waals surface area contributed by atoms with E-state index in [4.69, 9.17) is 14.7 Å². The first-order valence-corrected chi connectivity index (χ1v) is 7.61. The zero-order chi connectivity index (χ0) is 17.3. The molecule has 0 aliphatic carbocycles. The summed E-state index contributed by atoms with van der Waals surface area (Å²) in [6, 6.07) is 2.06. The van der Waals surface area contributed by atoms with E-state index in [2.05, 4.69) is 6.07 Å². The van der Waals surface area contributed by atoms with Crippen LogP contribution in [0.25, 0.3) is 0 Å². The van der Waals surface area contributed by atoms with Crippen LogP contribution in [0.15, 0.2) is 0 Å². The minimum atomic E-state index is -0.922. The summed E-state index contributed by atoms with van der Waals surface area (Å²) in [6.45, 7) is 7.21. The van der Waals surface area contributed by atoms with Crippen molar-refractivity contribution in [2.75, 3.05) is 32.8 Å². The van der Waals surface area contributed by atoms with Crippen molar-refractivity contribution in [1.82, 2.24) is 9.80 Å². The SMILES string of the molecule is CC(C)(C)OC(=O)N1CC(CC(=O)O)(N2CCOC(C#N)C2)C1. The van der Waals surface area contributed by atoms with Gasteiger partial charge in [-0.3, -0.25) is 9.69 Å². The Labute approximate surface area is 135 Å². The fourth-order valence-electron chi connectivity index (χ4n) is 2.98. The highest BCUT2D eigenvalue weighted by atomic mass is 16.6. The van der Waals surface area contributed by atoms with Crippen LogP contribution >= 0.6 is 0 Å². The number of hydrogen-bond acceptors (Lipinski definition) is 6. The molecule has 2 heterocycles. The maximum absolute atomic E-state index is 12.1. The van der Waals surface area contributed by atoms with Gasteiger partial charge < -0.3 is 19.5 Å². The van der Waals surface area contributed by atoms with E-state index in [9.17, 15) is 14.7 Å². The zero-order valence-corrected chi connectivity index (χ0v) is 13.7. The number of amides is 1. The van der Waals surface area contributed by atoms with Crippen molar-refractivity contribution in [2.24, 2.45) is 0 Å². The van der Waals surface area contributed by atoms with Gasteiger partial charge in [0.15, 0.2) is 6.10 Å². The molecule has 1 unspecified atom stereocenters. The number of ether oxygens (including phenoxy) is 2. The molecule has 2 aliphatic heterocycles. The topological polar surface area (TPSA) is 103 Å². The second-order valence-electron chi connectivity index (χ2n) is 7.07. The maximum atomic E-state index is 12.1. The number of carboxylic acids is 1. The average Bonchev–Trinajstić information content (AvgIpc) is 2.40. The van der Waals surface area contributed by atoms with Crippen LogP contribution in [0.4, 0.5) is 4.79 Å². The van der Waals surface area contributed by atoms with Crippen molar-refractivity contribution >= 4 is 12.1 Å². The van der Waals surface area contributed by atoms with E-state index in [1.165, 1.54) is 4.90 Å². The molecule has 1 atom stereocenters. The number of carbonyl (C=O) groups is 2. The first kappa shape index (κ1) is 17.5. The van der Waals surface area contributed by atoms with Crippen LogP contribution in [0.2, 0.25) is 0 Å². The highest BCUT2D eigenvalue weighted by Crippen LogP contribution is 2.34. The number of rotatable bonds is 3. The predicted molar refractivity (Wildman–Crippen MR) is 79.7 cm³/mol. The smallest absolute Gasteiger partial charge is 0.410 e. The Balaban J connectivity index is 2.04. The molecule has 0 aromatic heterocycles. The van der Waals surface area contributed by atoms with Gasteiger partial charge in [-0.2, -0.15) is 5.26 Å². The number of nitrogens with zero attached hydrogens (tertiary/aromatic N) is 3. The molecular weight excluding hydrogens is 302 g/mol. The molecule has 2 rings (SSSR count). The molecule has 2 fully saturated rings. The Bertz CT molecular complexity index is 516. The lowest BCUT2D eigenvalue weighted by Gasteiger charge is -2.56. The highest BCUT2D eigenvalue weighted by molar-refractivity contribution is 5.73. The van der Waals surface area contributed by atoms with E-state index >= 15 is 0 Å². The molecule has 0 bridgehead atoms.